The molecule has 0 aliphatic carbocycles. The fraction of sp³-hybridized carbons (Fsp3) is 0.125. The molecule has 0 spiro atoms. The number of halogens is 1. The molecular formula is C16H13BrO4. The van der Waals surface area contributed by atoms with Crippen LogP contribution in [0.4, 0.5) is 0 Å². The summed E-state index contributed by atoms with van der Waals surface area (Å²) in [6, 6.07) is 12.0. The van der Waals surface area contributed by atoms with Gasteiger partial charge in [-0.3, -0.25) is 0 Å². The third kappa shape index (κ3) is 3.70. The molecule has 108 valence electrons. The van der Waals surface area contributed by atoms with Crippen LogP contribution < -0.4 is 0 Å². The summed E-state index contributed by atoms with van der Waals surface area (Å²) in [6.07, 6.45) is 0.948. The number of aromatic carboxylic acids is 2. The highest BCUT2D eigenvalue weighted by molar-refractivity contribution is 9.10. The number of carbonyl (C=O) groups is 2. The topological polar surface area (TPSA) is 74.6 Å². The summed E-state index contributed by atoms with van der Waals surface area (Å²) in [5, 5.41) is 18.4. The number of hydrogen-bond acceptors (Lipinski definition) is 2. The van der Waals surface area contributed by atoms with Crippen molar-refractivity contribution >= 4 is 27.9 Å². The number of benzene rings is 2. The van der Waals surface area contributed by atoms with Crippen LogP contribution in [0, 0.1) is 0 Å². The van der Waals surface area contributed by atoms with Gasteiger partial charge >= 0.3 is 11.9 Å². The van der Waals surface area contributed by atoms with E-state index in [1.807, 2.05) is 24.3 Å². The normalized spacial score (nSPS) is 10.3. The van der Waals surface area contributed by atoms with Crippen molar-refractivity contribution in [3.05, 3.63) is 69.2 Å². The lowest BCUT2D eigenvalue weighted by atomic mass is 9.95. The van der Waals surface area contributed by atoms with Crippen LogP contribution in [-0.2, 0) is 12.8 Å². The van der Waals surface area contributed by atoms with Crippen molar-refractivity contribution in [1.82, 2.24) is 0 Å². The molecule has 0 bridgehead atoms. The molecular weight excluding hydrogens is 336 g/mol. The largest absolute Gasteiger partial charge is 0.478 e. The Hall–Kier alpha value is -2.14. The lowest BCUT2D eigenvalue weighted by molar-refractivity contribution is 0.0695. The molecule has 0 radical (unpaired) electrons. The van der Waals surface area contributed by atoms with Gasteiger partial charge < -0.3 is 10.2 Å². The molecule has 0 unspecified atom stereocenters. The van der Waals surface area contributed by atoms with E-state index in [0.717, 1.165) is 10.0 Å². The first-order chi connectivity index (χ1) is 9.99. The van der Waals surface area contributed by atoms with E-state index in [4.69, 9.17) is 0 Å². The molecule has 0 saturated heterocycles. The van der Waals surface area contributed by atoms with Crippen molar-refractivity contribution in [2.45, 2.75) is 12.8 Å². The minimum atomic E-state index is -1.11. The highest BCUT2D eigenvalue weighted by Crippen LogP contribution is 2.19. The van der Waals surface area contributed by atoms with Crippen LogP contribution >= 0.6 is 15.9 Å². The van der Waals surface area contributed by atoms with Crippen molar-refractivity contribution in [2.24, 2.45) is 0 Å². The number of carboxylic acid groups (broad SMARTS) is 2. The number of aryl methyl sites for hydroxylation is 1. The monoisotopic (exact) mass is 348 g/mol. The molecule has 0 saturated carbocycles. The molecule has 0 aromatic heterocycles. The van der Waals surface area contributed by atoms with Gasteiger partial charge in [0.2, 0.25) is 0 Å². The molecule has 21 heavy (non-hydrogen) atoms. The Morgan fingerprint density at radius 2 is 1.38 bits per heavy atom. The van der Waals surface area contributed by atoms with Crippen LogP contribution in [0.5, 0.6) is 0 Å². The highest BCUT2D eigenvalue weighted by Gasteiger charge is 2.17. The Kier molecular flexibility index (Phi) is 4.75. The Bertz CT molecular complexity index is 645. The summed E-state index contributed by atoms with van der Waals surface area (Å²) < 4.78 is 0.961. The van der Waals surface area contributed by atoms with E-state index in [-0.39, 0.29) is 11.1 Å². The second kappa shape index (κ2) is 6.54. The Balaban J connectivity index is 2.31. The van der Waals surface area contributed by atoms with Crippen molar-refractivity contribution in [3.8, 4) is 0 Å². The summed E-state index contributed by atoms with van der Waals surface area (Å²) in [7, 11) is 0. The predicted octanol–water partition coefficient (Wildman–Crippen LogP) is 3.63. The van der Waals surface area contributed by atoms with Gasteiger partial charge in [-0.2, -0.15) is 0 Å². The fourth-order valence-electron chi connectivity index (χ4n) is 2.18. The van der Waals surface area contributed by atoms with E-state index in [0.29, 0.717) is 18.4 Å². The molecule has 0 heterocycles. The fourth-order valence-corrected chi connectivity index (χ4v) is 2.44. The van der Waals surface area contributed by atoms with E-state index < -0.39 is 11.9 Å². The SMILES string of the molecule is O=C(O)c1cccc(C(=O)O)c1CCc1ccc(Br)cc1. The average molecular weight is 349 g/mol. The van der Waals surface area contributed by atoms with Crippen molar-refractivity contribution < 1.29 is 19.8 Å². The molecule has 4 nitrogen and oxygen atoms in total. The zero-order valence-electron chi connectivity index (χ0n) is 11.0. The van der Waals surface area contributed by atoms with E-state index in [1.54, 1.807) is 0 Å². The van der Waals surface area contributed by atoms with Gasteiger partial charge in [0.25, 0.3) is 0 Å². The molecule has 0 atom stereocenters. The van der Waals surface area contributed by atoms with Crippen LogP contribution in [0.15, 0.2) is 46.9 Å². The van der Waals surface area contributed by atoms with E-state index >= 15 is 0 Å². The molecule has 2 aromatic rings. The summed E-state index contributed by atoms with van der Waals surface area (Å²) in [5.41, 5.74) is 1.48. The van der Waals surface area contributed by atoms with E-state index in [9.17, 15) is 19.8 Å². The molecule has 2 N–H and O–H groups in total. The van der Waals surface area contributed by atoms with Crippen LogP contribution in [0.1, 0.15) is 31.8 Å². The summed E-state index contributed by atoms with van der Waals surface area (Å²) in [4.78, 5) is 22.5. The third-order valence-corrected chi connectivity index (χ3v) is 3.74. The van der Waals surface area contributed by atoms with Crippen molar-refractivity contribution in [2.75, 3.05) is 0 Å². The van der Waals surface area contributed by atoms with E-state index in [2.05, 4.69) is 15.9 Å². The van der Waals surface area contributed by atoms with E-state index in [1.165, 1.54) is 18.2 Å². The first kappa shape index (κ1) is 15.3. The Morgan fingerprint density at radius 3 is 1.86 bits per heavy atom. The first-order valence-corrected chi connectivity index (χ1v) is 7.11. The smallest absolute Gasteiger partial charge is 0.335 e. The minimum Gasteiger partial charge on any atom is -0.478 e. The van der Waals surface area contributed by atoms with Crippen LogP contribution in [-0.4, -0.2) is 22.2 Å². The molecule has 0 fully saturated rings. The predicted molar refractivity (Wildman–Crippen MR) is 81.9 cm³/mol. The minimum absolute atomic E-state index is 0.0482. The van der Waals surface area contributed by atoms with Gasteiger partial charge in [-0.15, -0.1) is 0 Å². The average Bonchev–Trinajstić information content (AvgIpc) is 2.46. The zero-order valence-corrected chi connectivity index (χ0v) is 12.6. The molecule has 5 heteroatoms. The molecule has 0 amide bonds. The van der Waals surface area contributed by atoms with Gasteiger partial charge in [0.1, 0.15) is 0 Å². The lowest BCUT2D eigenvalue weighted by Crippen LogP contribution is -2.10. The second-order valence-corrected chi connectivity index (χ2v) is 5.48. The number of rotatable bonds is 5. The van der Waals surface area contributed by atoms with Crippen LogP contribution in [0.2, 0.25) is 0 Å². The number of hydrogen-bond donors (Lipinski definition) is 2. The van der Waals surface area contributed by atoms with Crippen LogP contribution in [0.25, 0.3) is 0 Å². The van der Waals surface area contributed by atoms with Crippen molar-refractivity contribution in [3.63, 3.8) is 0 Å². The van der Waals surface area contributed by atoms with Gasteiger partial charge in [-0.1, -0.05) is 34.1 Å². The summed E-state index contributed by atoms with van der Waals surface area (Å²) >= 11 is 3.35. The standard InChI is InChI=1S/C16H13BrO4/c17-11-7-4-10(5-8-11)6-9-12-13(15(18)19)2-1-3-14(12)16(20)21/h1-5,7-8H,6,9H2,(H,18,19)(H,20,21). The second-order valence-electron chi connectivity index (χ2n) is 4.57. The summed E-state index contributed by atoms with van der Waals surface area (Å²) in [6.45, 7) is 0. The third-order valence-electron chi connectivity index (χ3n) is 3.21. The molecule has 0 aliphatic heterocycles. The maximum absolute atomic E-state index is 11.3. The van der Waals surface area contributed by atoms with Gasteiger partial charge in [0, 0.05) is 4.47 Å². The maximum atomic E-state index is 11.3. The Morgan fingerprint density at radius 1 is 0.857 bits per heavy atom. The maximum Gasteiger partial charge on any atom is 0.335 e. The van der Waals surface area contributed by atoms with Crippen LogP contribution in [0.3, 0.4) is 0 Å². The lowest BCUT2D eigenvalue weighted by Gasteiger charge is -2.10. The Labute approximate surface area is 130 Å². The molecule has 2 aromatic carbocycles. The number of carboxylic acids is 2. The molecule has 2 rings (SSSR count). The zero-order chi connectivity index (χ0) is 15.4. The van der Waals surface area contributed by atoms with Gasteiger partial charge in [-0.25, -0.2) is 9.59 Å². The highest BCUT2D eigenvalue weighted by atomic mass is 79.9. The van der Waals surface area contributed by atoms with Gasteiger partial charge in [0.05, 0.1) is 11.1 Å². The van der Waals surface area contributed by atoms with Crippen molar-refractivity contribution in [1.29, 1.82) is 0 Å². The molecule has 0 aliphatic rings. The first-order valence-electron chi connectivity index (χ1n) is 6.32. The van der Waals surface area contributed by atoms with Gasteiger partial charge in [-0.05, 0) is 48.2 Å². The summed E-state index contributed by atoms with van der Waals surface area (Å²) in [5.74, 6) is -2.21. The van der Waals surface area contributed by atoms with Gasteiger partial charge in [0.15, 0.2) is 0 Å². The quantitative estimate of drug-likeness (QED) is 0.864.